The first-order valence-corrected chi connectivity index (χ1v) is 6.15. The van der Waals surface area contributed by atoms with Crippen LogP contribution in [0.4, 0.5) is 0 Å². The summed E-state index contributed by atoms with van der Waals surface area (Å²) in [4.78, 5) is 9.15. The van der Waals surface area contributed by atoms with Gasteiger partial charge in [0.1, 0.15) is 0 Å². The molecule has 2 rings (SSSR count). The van der Waals surface area contributed by atoms with Gasteiger partial charge >= 0.3 is 0 Å². The Kier molecular flexibility index (Phi) is 3.69. The van der Waals surface area contributed by atoms with Gasteiger partial charge in [-0.05, 0) is 25.1 Å². The number of para-hydroxylation sites is 2. The van der Waals surface area contributed by atoms with Gasteiger partial charge in [0.05, 0.1) is 29.0 Å². The molecule has 17 heavy (non-hydrogen) atoms. The Hall–Kier alpha value is -1.48. The molecular formula is C14H19N3. The van der Waals surface area contributed by atoms with E-state index in [1.807, 2.05) is 37.5 Å². The van der Waals surface area contributed by atoms with Crippen LogP contribution in [0.2, 0.25) is 0 Å². The molecule has 0 aliphatic heterocycles. The molecule has 0 radical (unpaired) electrons. The number of nitrogens with zero attached hydrogens (tertiary/aromatic N) is 2. The Morgan fingerprint density at radius 3 is 2.59 bits per heavy atom. The third kappa shape index (κ3) is 2.44. The summed E-state index contributed by atoms with van der Waals surface area (Å²) in [6.07, 6.45) is 3.01. The summed E-state index contributed by atoms with van der Waals surface area (Å²) in [7, 11) is 1.98. The topological polar surface area (TPSA) is 37.8 Å². The average molecular weight is 229 g/mol. The standard InChI is InChI=1S/C14H19N3/c1-4-10(2)14(15-3)13-9-16-11-7-5-6-8-12(11)17-13/h5-10,14-15H,4H2,1-3H3. The maximum Gasteiger partial charge on any atom is 0.0890 e. The van der Waals surface area contributed by atoms with Gasteiger partial charge in [-0.1, -0.05) is 32.4 Å². The van der Waals surface area contributed by atoms with Crippen LogP contribution in [-0.2, 0) is 0 Å². The lowest BCUT2D eigenvalue weighted by Crippen LogP contribution is -2.24. The summed E-state index contributed by atoms with van der Waals surface area (Å²) in [5.41, 5.74) is 2.95. The Bertz CT molecular complexity index is 496. The number of nitrogens with one attached hydrogen (secondary N) is 1. The average Bonchev–Trinajstić information content (AvgIpc) is 2.39. The maximum absolute atomic E-state index is 4.69. The zero-order valence-electron chi connectivity index (χ0n) is 10.6. The van der Waals surface area contributed by atoms with Crippen LogP contribution in [0.15, 0.2) is 30.5 Å². The molecule has 2 aromatic rings. The minimum Gasteiger partial charge on any atom is -0.311 e. The van der Waals surface area contributed by atoms with Crippen LogP contribution in [-0.4, -0.2) is 17.0 Å². The second kappa shape index (κ2) is 5.23. The minimum absolute atomic E-state index is 0.275. The van der Waals surface area contributed by atoms with Gasteiger partial charge < -0.3 is 5.32 Å². The monoisotopic (exact) mass is 229 g/mol. The fourth-order valence-corrected chi connectivity index (χ4v) is 2.08. The number of aromatic nitrogens is 2. The lowest BCUT2D eigenvalue weighted by atomic mass is 9.97. The van der Waals surface area contributed by atoms with Crippen molar-refractivity contribution in [1.82, 2.24) is 15.3 Å². The van der Waals surface area contributed by atoms with Crippen LogP contribution in [0, 0.1) is 5.92 Å². The molecule has 2 unspecified atom stereocenters. The van der Waals surface area contributed by atoms with Crippen LogP contribution in [0.5, 0.6) is 0 Å². The number of rotatable bonds is 4. The Balaban J connectivity index is 2.40. The van der Waals surface area contributed by atoms with Gasteiger partial charge in [0.15, 0.2) is 0 Å². The van der Waals surface area contributed by atoms with Crippen molar-refractivity contribution in [2.75, 3.05) is 7.05 Å². The van der Waals surface area contributed by atoms with Crippen molar-refractivity contribution in [3.05, 3.63) is 36.2 Å². The quantitative estimate of drug-likeness (QED) is 0.876. The van der Waals surface area contributed by atoms with E-state index in [-0.39, 0.29) is 6.04 Å². The molecule has 1 aromatic carbocycles. The third-order valence-electron chi connectivity index (χ3n) is 3.31. The van der Waals surface area contributed by atoms with Crippen molar-refractivity contribution in [2.24, 2.45) is 5.92 Å². The van der Waals surface area contributed by atoms with Crippen LogP contribution in [0.1, 0.15) is 32.0 Å². The van der Waals surface area contributed by atoms with Crippen LogP contribution in [0.3, 0.4) is 0 Å². The van der Waals surface area contributed by atoms with Crippen LogP contribution in [0.25, 0.3) is 11.0 Å². The highest BCUT2D eigenvalue weighted by Crippen LogP contribution is 2.23. The molecule has 0 spiro atoms. The molecule has 2 atom stereocenters. The SMILES string of the molecule is CCC(C)C(NC)c1cnc2ccccc2n1. The Morgan fingerprint density at radius 2 is 1.94 bits per heavy atom. The first-order valence-electron chi connectivity index (χ1n) is 6.15. The highest BCUT2D eigenvalue weighted by molar-refractivity contribution is 5.73. The van der Waals surface area contributed by atoms with Gasteiger partial charge in [-0.25, -0.2) is 4.98 Å². The summed E-state index contributed by atoms with van der Waals surface area (Å²) in [5, 5.41) is 3.33. The second-order valence-corrected chi connectivity index (χ2v) is 4.44. The minimum atomic E-state index is 0.275. The Labute approximate surface area is 102 Å². The third-order valence-corrected chi connectivity index (χ3v) is 3.31. The van der Waals surface area contributed by atoms with Crippen molar-refractivity contribution < 1.29 is 0 Å². The van der Waals surface area contributed by atoms with E-state index < -0.39 is 0 Å². The largest absolute Gasteiger partial charge is 0.311 e. The summed E-state index contributed by atoms with van der Waals surface area (Å²) in [5.74, 6) is 0.551. The van der Waals surface area contributed by atoms with Crippen molar-refractivity contribution in [1.29, 1.82) is 0 Å². The van der Waals surface area contributed by atoms with Gasteiger partial charge in [-0.2, -0.15) is 0 Å². The van der Waals surface area contributed by atoms with Gasteiger partial charge in [0.25, 0.3) is 0 Å². The van der Waals surface area contributed by atoms with E-state index in [1.54, 1.807) is 0 Å². The summed E-state index contributed by atoms with van der Waals surface area (Å²) in [6, 6.07) is 8.26. The molecule has 90 valence electrons. The molecule has 0 amide bonds. The molecule has 1 N–H and O–H groups in total. The van der Waals surface area contributed by atoms with Crippen molar-refractivity contribution in [2.45, 2.75) is 26.3 Å². The zero-order chi connectivity index (χ0) is 12.3. The Morgan fingerprint density at radius 1 is 1.24 bits per heavy atom. The van der Waals surface area contributed by atoms with Gasteiger partial charge in [0.2, 0.25) is 0 Å². The zero-order valence-corrected chi connectivity index (χ0v) is 10.6. The van der Waals surface area contributed by atoms with E-state index in [2.05, 4.69) is 24.1 Å². The molecular weight excluding hydrogens is 210 g/mol. The molecule has 3 heteroatoms. The van der Waals surface area contributed by atoms with Gasteiger partial charge in [-0.3, -0.25) is 4.98 Å². The highest BCUT2D eigenvalue weighted by atomic mass is 14.9. The molecule has 3 nitrogen and oxygen atoms in total. The molecule has 0 aliphatic rings. The van der Waals surface area contributed by atoms with E-state index in [0.717, 1.165) is 23.1 Å². The van der Waals surface area contributed by atoms with Gasteiger partial charge in [-0.15, -0.1) is 0 Å². The molecule has 0 saturated heterocycles. The fraction of sp³-hybridized carbons (Fsp3) is 0.429. The second-order valence-electron chi connectivity index (χ2n) is 4.44. The van der Waals surface area contributed by atoms with Crippen molar-refractivity contribution in [3.63, 3.8) is 0 Å². The predicted octanol–water partition coefficient (Wildman–Crippen LogP) is 2.94. The van der Waals surface area contributed by atoms with E-state index in [9.17, 15) is 0 Å². The van der Waals surface area contributed by atoms with E-state index >= 15 is 0 Å². The highest BCUT2D eigenvalue weighted by Gasteiger charge is 2.17. The summed E-state index contributed by atoms with van der Waals surface area (Å²) < 4.78 is 0. The smallest absolute Gasteiger partial charge is 0.0890 e. The molecule has 0 fully saturated rings. The first kappa shape index (κ1) is 12.0. The lowest BCUT2D eigenvalue weighted by Gasteiger charge is -2.21. The van der Waals surface area contributed by atoms with Crippen molar-refractivity contribution in [3.8, 4) is 0 Å². The van der Waals surface area contributed by atoms with E-state index in [4.69, 9.17) is 4.98 Å². The number of hydrogen-bond acceptors (Lipinski definition) is 3. The normalized spacial score (nSPS) is 14.8. The molecule has 0 saturated carbocycles. The number of fused-ring (bicyclic) bond motifs is 1. The predicted molar refractivity (Wildman–Crippen MR) is 70.8 cm³/mol. The van der Waals surface area contributed by atoms with E-state index in [0.29, 0.717) is 5.92 Å². The molecule has 1 aromatic heterocycles. The molecule has 0 aliphatic carbocycles. The fourth-order valence-electron chi connectivity index (χ4n) is 2.08. The number of benzene rings is 1. The van der Waals surface area contributed by atoms with Gasteiger partial charge in [0, 0.05) is 0 Å². The number of hydrogen-bond donors (Lipinski definition) is 1. The van der Waals surface area contributed by atoms with Crippen LogP contribution < -0.4 is 5.32 Å². The molecule has 1 heterocycles. The first-order chi connectivity index (χ1) is 8.26. The maximum atomic E-state index is 4.69. The summed E-state index contributed by atoms with van der Waals surface area (Å²) in [6.45, 7) is 4.43. The van der Waals surface area contributed by atoms with Crippen LogP contribution >= 0.6 is 0 Å². The summed E-state index contributed by atoms with van der Waals surface area (Å²) >= 11 is 0. The molecule has 0 bridgehead atoms. The van der Waals surface area contributed by atoms with Crippen molar-refractivity contribution >= 4 is 11.0 Å². The van der Waals surface area contributed by atoms with E-state index in [1.165, 1.54) is 0 Å². The lowest BCUT2D eigenvalue weighted by molar-refractivity contribution is 0.392.